The van der Waals surface area contributed by atoms with Gasteiger partial charge in [-0.2, -0.15) is 0 Å². The van der Waals surface area contributed by atoms with Crippen molar-refractivity contribution < 1.29 is 23.5 Å². The molecule has 0 heterocycles. The minimum atomic E-state index is -3.23. The Bertz CT molecular complexity index is 281. The Balaban J connectivity index is 2.49. The number of ether oxygens (including phenoxy) is 1. The highest BCUT2D eigenvalue weighted by atomic mass is 31.2. The Labute approximate surface area is 95.9 Å². The molecule has 1 aliphatic rings. The third-order valence-corrected chi connectivity index (χ3v) is 3.92. The summed E-state index contributed by atoms with van der Waals surface area (Å²) < 4.78 is 27.3. The van der Waals surface area contributed by atoms with Crippen LogP contribution in [-0.2, 0) is 18.3 Å². The number of hydrogen-bond donors (Lipinski definition) is 1. The summed E-state index contributed by atoms with van der Waals surface area (Å²) in [5.41, 5.74) is 0. The summed E-state index contributed by atoms with van der Waals surface area (Å²) in [6, 6.07) is 0. The summed E-state index contributed by atoms with van der Waals surface area (Å²) in [5.74, 6) is -1.32. The number of aliphatic hydroxyl groups is 1. The second-order valence-corrected chi connectivity index (χ2v) is 5.50. The molecule has 0 fully saturated rings. The van der Waals surface area contributed by atoms with E-state index in [2.05, 4.69) is 0 Å². The highest BCUT2D eigenvalue weighted by molar-refractivity contribution is 7.53. The first-order valence-electron chi connectivity index (χ1n) is 5.46. The van der Waals surface area contributed by atoms with E-state index in [0.29, 0.717) is 6.42 Å². The molecule has 0 radical (unpaired) electrons. The van der Waals surface area contributed by atoms with E-state index in [-0.39, 0.29) is 19.6 Å². The molecule has 0 saturated carbocycles. The average Bonchev–Trinajstić information content (AvgIpc) is 2.64. The van der Waals surface area contributed by atoms with Crippen molar-refractivity contribution in [1.82, 2.24) is 0 Å². The summed E-state index contributed by atoms with van der Waals surface area (Å²) in [4.78, 5) is 0. The molecular formula is C10H19O5P. The van der Waals surface area contributed by atoms with Gasteiger partial charge in [-0.25, -0.2) is 0 Å². The molecule has 1 atom stereocenters. The highest BCUT2D eigenvalue weighted by Gasteiger charge is 2.33. The average molecular weight is 250 g/mol. The molecule has 16 heavy (non-hydrogen) atoms. The van der Waals surface area contributed by atoms with Crippen LogP contribution >= 0.6 is 7.60 Å². The van der Waals surface area contributed by atoms with E-state index < -0.39 is 13.4 Å². The predicted molar refractivity (Wildman–Crippen MR) is 60.1 cm³/mol. The summed E-state index contributed by atoms with van der Waals surface area (Å²) in [5, 5.41) is 9.85. The first-order valence-corrected chi connectivity index (χ1v) is 7.18. The summed E-state index contributed by atoms with van der Waals surface area (Å²) in [7, 11) is -3.23. The van der Waals surface area contributed by atoms with Crippen LogP contribution in [-0.4, -0.2) is 30.5 Å². The second kappa shape index (κ2) is 5.94. The van der Waals surface area contributed by atoms with E-state index in [1.165, 1.54) is 0 Å². The van der Waals surface area contributed by atoms with Crippen LogP contribution in [0.4, 0.5) is 0 Å². The Hall–Kier alpha value is -0.190. The third kappa shape index (κ3) is 4.00. The number of allylic oxidation sites excluding steroid dienone is 1. The summed E-state index contributed by atoms with van der Waals surface area (Å²) >= 11 is 0. The standard InChI is InChI=1S/C10H19O5P/c1-3-14-16(12,15-4-2)9-13-10(11)7-5-6-8-10/h5,7,11H,3-4,6,8-9H2,1-2H3. The quantitative estimate of drug-likeness (QED) is 0.426. The maximum absolute atomic E-state index is 12.0. The predicted octanol–water partition coefficient (Wildman–Crippen LogP) is 2.27. The van der Waals surface area contributed by atoms with Crippen molar-refractivity contribution in [2.75, 3.05) is 19.6 Å². The minimum Gasteiger partial charge on any atom is -0.362 e. The third-order valence-electron chi connectivity index (χ3n) is 2.17. The molecule has 1 unspecified atom stereocenters. The molecule has 94 valence electrons. The van der Waals surface area contributed by atoms with Crippen LogP contribution in [0.5, 0.6) is 0 Å². The van der Waals surface area contributed by atoms with E-state index in [1.807, 2.05) is 6.08 Å². The zero-order valence-corrected chi connectivity index (χ0v) is 10.6. The summed E-state index contributed by atoms with van der Waals surface area (Å²) in [6.45, 7) is 4.04. The van der Waals surface area contributed by atoms with E-state index in [4.69, 9.17) is 13.8 Å². The molecule has 0 saturated heterocycles. The fraction of sp³-hybridized carbons (Fsp3) is 0.800. The minimum absolute atomic E-state index is 0.227. The van der Waals surface area contributed by atoms with Gasteiger partial charge in [0.2, 0.25) is 0 Å². The van der Waals surface area contributed by atoms with Gasteiger partial charge >= 0.3 is 7.60 Å². The van der Waals surface area contributed by atoms with Crippen molar-refractivity contribution >= 4 is 7.60 Å². The van der Waals surface area contributed by atoms with Crippen molar-refractivity contribution in [2.24, 2.45) is 0 Å². The Morgan fingerprint density at radius 3 is 2.44 bits per heavy atom. The van der Waals surface area contributed by atoms with Gasteiger partial charge in [0, 0.05) is 6.42 Å². The molecule has 1 rings (SSSR count). The molecule has 1 N–H and O–H groups in total. The van der Waals surface area contributed by atoms with Gasteiger partial charge in [0.25, 0.3) is 0 Å². The zero-order chi connectivity index (χ0) is 12.1. The second-order valence-electron chi connectivity index (χ2n) is 3.51. The van der Waals surface area contributed by atoms with E-state index in [9.17, 15) is 9.67 Å². The molecular weight excluding hydrogens is 231 g/mol. The molecule has 0 aromatic heterocycles. The fourth-order valence-electron chi connectivity index (χ4n) is 1.46. The van der Waals surface area contributed by atoms with E-state index in [0.717, 1.165) is 6.42 Å². The topological polar surface area (TPSA) is 65.0 Å². The fourth-order valence-corrected chi connectivity index (χ4v) is 2.85. The largest absolute Gasteiger partial charge is 0.362 e. The van der Waals surface area contributed by atoms with Crippen molar-refractivity contribution in [3.63, 3.8) is 0 Å². The SMILES string of the molecule is CCOP(=O)(COC1(O)C=CCC1)OCC. The molecule has 0 amide bonds. The molecule has 1 aliphatic carbocycles. The smallest absolute Gasteiger partial charge is 0.356 e. The maximum atomic E-state index is 12.0. The van der Waals surface area contributed by atoms with Crippen molar-refractivity contribution in [2.45, 2.75) is 32.5 Å². The molecule has 0 aliphatic heterocycles. The number of rotatable bonds is 7. The molecule has 0 aromatic rings. The first kappa shape index (κ1) is 13.9. The normalized spacial score (nSPS) is 25.2. The summed E-state index contributed by atoms with van der Waals surface area (Å²) in [6.07, 6.45) is 4.40. The van der Waals surface area contributed by atoms with Crippen LogP contribution in [0, 0.1) is 0 Å². The Morgan fingerprint density at radius 2 is 2.00 bits per heavy atom. The van der Waals surface area contributed by atoms with Crippen LogP contribution < -0.4 is 0 Å². The van der Waals surface area contributed by atoms with Gasteiger partial charge in [-0.1, -0.05) is 6.08 Å². The lowest BCUT2D eigenvalue weighted by atomic mass is 10.2. The van der Waals surface area contributed by atoms with Gasteiger partial charge in [0.15, 0.2) is 12.1 Å². The van der Waals surface area contributed by atoms with Crippen molar-refractivity contribution in [3.05, 3.63) is 12.2 Å². The van der Waals surface area contributed by atoms with Gasteiger partial charge in [0.1, 0.15) is 0 Å². The molecule has 6 heteroatoms. The molecule has 0 spiro atoms. The van der Waals surface area contributed by atoms with E-state index in [1.54, 1.807) is 19.9 Å². The lowest BCUT2D eigenvalue weighted by Gasteiger charge is -2.24. The maximum Gasteiger partial charge on any atom is 0.356 e. The van der Waals surface area contributed by atoms with Gasteiger partial charge in [-0.3, -0.25) is 4.57 Å². The molecule has 5 nitrogen and oxygen atoms in total. The Morgan fingerprint density at radius 1 is 1.38 bits per heavy atom. The van der Waals surface area contributed by atoms with Crippen LogP contribution in [0.3, 0.4) is 0 Å². The van der Waals surface area contributed by atoms with Crippen molar-refractivity contribution in [3.8, 4) is 0 Å². The monoisotopic (exact) mass is 250 g/mol. The van der Waals surface area contributed by atoms with Gasteiger partial charge in [0.05, 0.1) is 13.2 Å². The van der Waals surface area contributed by atoms with Gasteiger partial charge in [-0.15, -0.1) is 0 Å². The first-order chi connectivity index (χ1) is 7.54. The number of hydrogen-bond acceptors (Lipinski definition) is 5. The Kier molecular flexibility index (Phi) is 5.15. The van der Waals surface area contributed by atoms with Crippen LogP contribution in [0.15, 0.2) is 12.2 Å². The lowest BCUT2D eigenvalue weighted by molar-refractivity contribution is -0.155. The van der Waals surface area contributed by atoms with Gasteiger partial charge in [-0.05, 0) is 26.3 Å². The highest BCUT2D eigenvalue weighted by Crippen LogP contribution is 2.49. The van der Waals surface area contributed by atoms with Crippen molar-refractivity contribution in [1.29, 1.82) is 0 Å². The van der Waals surface area contributed by atoms with Gasteiger partial charge < -0.3 is 18.9 Å². The van der Waals surface area contributed by atoms with E-state index >= 15 is 0 Å². The zero-order valence-electron chi connectivity index (χ0n) is 9.72. The van der Waals surface area contributed by atoms with Crippen LogP contribution in [0.2, 0.25) is 0 Å². The molecule has 0 aromatic carbocycles. The van der Waals surface area contributed by atoms with Crippen LogP contribution in [0.25, 0.3) is 0 Å². The molecule has 0 bridgehead atoms. The lowest BCUT2D eigenvalue weighted by Crippen LogP contribution is -2.28. The van der Waals surface area contributed by atoms with Crippen LogP contribution in [0.1, 0.15) is 26.7 Å².